The molecule has 92 valence electrons. The topological polar surface area (TPSA) is 55.1 Å². The summed E-state index contributed by atoms with van der Waals surface area (Å²) >= 11 is 0. The van der Waals surface area contributed by atoms with Gasteiger partial charge >= 0.3 is 0 Å². The van der Waals surface area contributed by atoms with Gasteiger partial charge in [0.2, 0.25) is 0 Å². The maximum absolute atomic E-state index is 13.5. The zero-order chi connectivity index (χ0) is 12.5. The maximum Gasteiger partial charge on any atom is 0.254 e. The Bertz CT molecular complexity index is 441. The van der Waals surface area contributed by atoms with Crippen LogP contribution >= 0.6 is 0 Å². The molecule has 1 aromatic rings. The number of halogens is 1. The van der Waals surface area contributed by atoms with Gasteiger partial charge in [0, 0.05) is 12.1 Å². The molecule has 3 N–H and O–H groups in total. The van der Waals surface area contributed by atoms with Crippen molar-refractivity contribution in [3.63, 3.8) is 0 Å². The van der Waals surface area contributed by atoms with Gasteiger partial charge in [-0.15, -0.1) is 0 Å². The molecule has 0 spiro atoms. The molecule has 0 aliphatic heterocycles. The number of hydrogen-bond acceptors (Lipinski definition) is 2. The van der Waals surface area contributed by atoms with Crippen LogP contribution in [0.4, 0.5) is 4.39 Å². The zero-order valence-corrected chi connectivity index (χ0v) is 9.92. The molecule has 0 unspecified atom stereocenters. The molecule has 0 heterocycles. The molecule has 17 heavy (non-hydrogen) atoms. The summed E-state index contributed by atoms with van der Waals surface area (Å²) in [6.07, 6.45) is 2.94. The van der Waals surface area contributed by atoms with Gasteiger partial charge in [-0.3, -0.25) is 4.79 Å². The Kier molecular flexibility index (Phi) is 3.15. The number of rotatable bonds is 3. The molecule has 1 aliphatic carbocycles. The number of carbonyl (C=O) groups excluding carboxylic acids is 1. The average molecular weight is 236 g/mol. The van der Waals surface area contributed by atoms with E-state index in [9.17, 15) is 9.18 Å². The van der Waals surface area contributed by atoms with Gasteiger partial charge in [-0.05, 0) is 43.9 Å². The van der Waals surface area contributed by atoms with Gasteiger partial charge in [0.05, 0.1) is 5.56 Å². The molecule has 3 nitrogen and oxygen atoms in total. The Labute approximate surface area is 100 Å². The van der Waals surface area contributed by atoms with Crippen LogP contribution in [0.15, 0.2) is 18.2 Å². The summed E-state index contributed by atoms with van der Waals surface area (Å²) < 4.78 is 13.5. The SMILES string of the molecule is Cc1ccc(C(=O)NCC2(N)CCC2)c(F)c1. The van der Waals surface area contributed by atoms with Crippen LogP contribution in [-0.4, -0.2) is 18.0 Å². The van der Waals surface area contributed by atoms with Crippen LogP contribution in [0.3, 0.4) is 0 Å². The van der Waals surface area contributed by atoms with Crippen LogP contribution in [0.1, 0.15) is 35.2 Å². The largest absolute Gasteiger partial charge is 0.350 e. The van der Waals surface area contributed by atoms with E-state index in [1.54, 1.807) is 13.0 Å². The van der Waals surface area contributed by atoms with E-state index < -0.39 is 5.82 Å². The molecule has 0 saturated heterocycles. The molecular weight excluding hydrogens is 219 g/mol. The van der Waals surface area contributed by atoms with Crippen molar-refractivity contribution in [2.75, 3.05) is 6.54 Å². The smallest absolute Gasteiger partial charge is 0.254 e. The fourth-order valence-corrected chi connectivity index (χ4v) is 1.96. The Morgan fingerprint density at radius 3 is 2.76 bits per heavy atom. The predicted octanol–water partition coefficient (Wildman–Crippen LogP) is 1.75. The van der Waals surface area contributed by atoms with Crippen molar-refractivity contribution in [1.82, 2.24) is 5.32 Å². The summed E-state index contributed by atoms with van der Waals surface area (Å²) in [5, 5.41) is 2.70. The monoisotopic (exact) mass is 236 g/mol. The minimum atomic E-state index is -0.484. The summed E-state index contributed by atoms with van der Waals surface area (Å²) in [5.74, 6) is -0.874. The first-order chi connectivity index (χ1) is 8.00. The number of aryl methyl sites for hydroxylation is 1. The number of carbonyl (C=O) groups is 1. The lowest BCUT2D eigenvalue weighted by molar-refractivity contribution is 0.0925. The Hall–Kier alpha value is -1.42. The highest BCUT2D eigenvalue weighted by molar-refractivity contribution is 5.94. The van der Waals surface area contributed by atoms with Gasteiger partial charge in [0.1, 0.15) is 5.82 Å². The molecule has 0 atom stereocenters. The summed E-state index contributed by atoms with van der Waals surface area (Å²) in [5.41, 5.74) is 6.58. The lowest BCUT2D eigenvalue weighted by Gasteiger charge is -2.38. The molecule has 2 rings (SSSR count). The van der Waals surface area contributed by atoms with Crippen molar-refractivity contribution in [3.05, 3.63) is 35.1 Å². The first-order valence-electron chi connectivity index (χ1n) is 5.83. The van der Waals surface area contributed by atoms with E-state index in [0.29, 0.717) is 6.54 Å². The summed E-state index contributed by atoms with van der Waals surface area (Å²) in [6.45, 7) is 2.20. The standard InChI is InChI=1S/C13H17FN2O/c1-9-3-4-10(11(14)7-9)12(17)16-8-13(15)5-2-6-13/h3-4,7H,2,5-6,8,15H2,1H3,(H,16,17). The van der Waals surface area contributed by atoms with Crippen LogP contribution in [-0.2, 0) is 0 Å². The highest BCUT2D eigenvalue weighted by Gasteiger charge is 2.32. The van der Waals surface area contributed by atoms with Crippen LogP contribution < -0.4 is 11.1 Å². The molecule has 1 amide bonds. The molecular formula is C13H17FN2O. The van der Waals surface area contributed by atoms with Crippen molar-refractivity contribution in [2.24, 2.45) is 5.73 Å². The fraction of sp³-hybridized carbons (Fsp3) is 0.462. The van der Waals surface area contributed by atoms with Crippen molar-refractivity contribution >= 4 is 5.91 Å². The van der Waals surface area contributed by atoms with Crippen LogP contribution in [0.25, 0.3) is 0 Å². The summed E-state index contributed by atoms with van der Waals surface area (Å²) in [7, 11) is 0. The molecule has 1 saturated carbocycles. The third-order valence-corrected chi connectivity index (χ3v) is 3.32. The van der Waals surface area contributed by atoms with E-state index in [1.165, 1.54) is 12.1 Å². The van der Waals surface area contributed by atoms with E-state index in [-0.39, 0.29) is 17.0 Å². The molecule has 0 bridgehead atoms. The predicted molar refractivity (Wildman–Crippen MR) is 64.2 cm³/mol. The molecule has 1 fully saturated rings. The quantitative estimate of drug-likeness (QED) is 0.840. The third-order valence-electron chi connectivity index (χ3n) is 3.32. The van der Waals surface area contributed by atoms with E-state index in [0.717, 1.165) is 24.8 Å². The molecule has 0 radical (unpaired) electrons. The highest BCUT2D eigenvalue weighted by Crippen LogP contribution is 2.28. The van der Waals surface area contributed by atoms with Gasteiger partial charge in [-0.1, -0.05) is 6.07 Å². The number of nitrogens with one attached hydrogen (secondary N) is 1. The first-order valence-corrected chi connectivity index (χ1v) is 5.83. The van der Waals surface area contributed by atoms with Gasteiger partial charge in [-0.2, -0.15) is 0 Å². The Morgan fingerprint density at radius 1 is 1.53 bits per heavy atom. The van der Waals surface area contributed by atoms with Crippen molar-refractivity contribution < 1.29 is 9.18 Å². The van der Waals surface area contributed by atoms with Crippen LogP contribution in [0.2, 0.25) is 0 Å². The number of amides is 1. The molecule has 0 aromatic heterocycles. The second-order valence-electron chi connectivity index (χ2n) is 4.88. The number of benzene rings is 1. The molecule has 1 aliphatic rings. The zero-order valence-electron chi connectivity index (χ0n) is 9.92. The van der Waals surface area contributed by atoms with Crippen molar-refractivity contribution in [2.45, 2.75) is 31.7 Å². The minimum absolute atomic E-state index is 0.0820. The lowest BCUT2D eigenvalue weighted by atomic mass is 9.78. The van der Waals surface area contributed by atoms with Crippen molar-refractivity contribution in [1.29, 1.82) is 0 Å². The van der Waals surface area contributed by atoms with Gasteiger partial charge in [0.25, 0.3) is 5.91 Å². The van der Waals surface area contributed by atoms with Gasteiger partial charge in [0.15, 0.2) is 0 Å². The van der Waals surface area contributed by atoms with E-state index in [4.69, 9.17) is 5.73 Å². The van der Waals surface area contributed by atoms with Crippen LogP contribution in [0, 0.1) is 12.7 Å². The summed E-state index contributed by atoms with van der Waals surface area (Å²) in [4.78, 5) is 11.8. The van der Waals surface area contributed by atoms with Crippen LogP contribution in [0.5, 0.6) is 0 Å². The molecule has 1 aromatic carbocycles. The Morgan fingerprint density at radius 2 is 2.24 bits per heavy atom. The second kappa shape index (κ2) is 4.45. The van der Waals surface area contributed by atoms with E-state index >= 15 is 0 Å². The fourth-order valence-electron chi connectivity index (χ4n) is 1.96. The van der Waals surface area contributed by atoms with E-state index in [2.05, 4.69) is 5.32 Å². The summed E-state index contributed by atoms with van der Waals surface area (Å²) in [6, 6.07) is 4.58. The second-order valence-corrected chi connectivity index (χ2v) is 4.88. The van der Waals surface area contributed by atoms with Crippen molar-refractivity contribution in [3.8, 4) is 0 Å². The number of hydrogen-bond donors (Lipinski definition) is 2. The Balaban J connectivity index is 1.99. The highest BCUT2D eigenvalue weighted by atomic mass is 19.1. The van der Waals surface area contributed by atoms with Gasteiger partial charge in [-0.25, -0.2) is 4.39 Å². The van der Waals surface area contributed by atoms with E-state index in [1.807, 2.05) is 0 Å². The first kappa shape index (κ1) is 12.0. The number of nitrogens with two attached hydrogens (primary N) is 1. The minimum Gasteiger partial charge on any atom is -0.350 e. The van der Waals surface area contributed by atoms with Gasteiger partial charge < -0.3 is 11.1 Å². The maximum atomic E-state index is 13.5. The lowest BCUT2D eigenvalue weighted by Crippen LogP contribution is -2.55. The third kappa shape index (κ3) is 2.64. The molecule has 4 heteroatoms. The average Bonchev–Trinajstić information content (AvgIpc) is 2.23. The normalized spacial score (nSPS) is 17.4.